The average Bonchev–Trinajstić information content (AvgIpc) is 2.08. The van der Waals surface area contributed by atoms with Crippen molar-refractivity contribution in [2.75, 3.05) is 6.54 Å². The molecule has 0 heterocycles. The Morgan fingerprint density at radius 2 is 1.75 bits per heavy atom. The van der Waals surface area contributed by atoms with Crippen molar-refractivity contribution in [1.82, 2.24) is 5.32 Å². The molecule has 0 aliphatic carbocycles. The molecule has 0 bridgehead atoms. The molecule has 2 atom stereocenters. The van der Waals surface area contributed by atoms with Gasteiger partial charge in [0.05, 0.1) is 6.04 Å². The Hall–Kier alpha value is -0.480. The molecule has 1 nitrogen and oxygen atoms in total. The van der Waals surface area contributed by atoms with Gasteiger partial charge in [-0.25, -0.2) is 0 Å². The first-order valence-corrected chi connectivity index (χ1v) is 6.46. The highest BCUT2D eigenvalue weighted by Crippen LogP contribution is 2.25. The zero-order valence-electron chi connectivity index (χ0n) is 11.9. The topological polar surface area (TPSA) is 12.0 Å². The highest BCUT2D eigenvalue weighted by Gasteiger charge is 2.15. The van der Waals surface area contributed by atoms with Gasteiger partial charge in [0.25, 0.3) is 0 Å². The van der Waals surface area contributed by atoms with E-state index in [0.717, 1.165) is 12.5 Å². The Morgan fingerprint density at radius 3 is 2.12 bits per heavy atom. The van der Waals surface area contributed by atoms with E-state index in [9.17, 15) is 0 Å². The second kappa shape index (κ2) is 6.97. The highest BCUT2D eigenvalue weighted by molar-refractivity contribution is 5.00. The van der Waals surface area contributed by atoms with Gasteiger partial charge >= 0.3 is 0 Å². The molecule has 0 aliphatic heterocycles. The van der Waals surface area contributed by atoms with E-state index in [4.69, 9.17) is 6.42 Å². The van der Waals surface area contributed by atoms with Crippen LogP contribution >= 0.6 is 0 Å². The minimum atomic E-state index is 0.224. The molecule has 0 aromatic rings. The quantitative estimate of drug-likeness (QED) is 0.677. The minimum absolute atomic E-state index is 0.224. The van der Waals surface area contributed by atoms with E-state index < -0.39 is 0 Å². The van der Waals surface area contributed by atoms with Gasteiger partial charge < -0.3 is 5.32 Å². The zero-order valence-corrected chi connectivity index (χ0v) is 11.9. The van der Waals surface area contributed by atoms with Crippen molar-refractivity contribution in [2.24, 2.45) is 17.3 Å². The van der Waals surface area contributed by atoms with Crippen molar-refractivity contribution in [1.29, 1.82) is 0 Å². The van der Waals surface area contributed by atoms with Gasteiger partial charge in [-0.15, -0.1) is 6.42 Å². The van der Waals surface area contributed by atoms with Crippen LogP contribution in [0.2, 0.25) is 0 Å². The monoisotopic (exact) mass is 223 g/mol. The van der Waals surface area contributed by atoms with Gasteiger partial charge in [0.2, 0.25) is 0 Å². The molecule has 0 aromatic heterocycles. The molecule has 0 radical (unpaired) electrons. The molecule has 1 heteroatoms. The molecule has 0 unspecified atom stereocenters. The Bertz CT molecular complexity index is 217. The second-order valence-electron chi connectivity index (χ2n) is 6.50. The van der Waals surface area contributed by atoms with Crippen LogP contribution in [0.15, 0.2) is 0 Å². The number of hydrogen-bond acceptors (Lipinski definition) is 1. The number of nitrogens with one attached hydrogen (secondary N) is 1. The third kappa shape index (κ3) is 7.77. The van der Waals surface area contributed by atoms with Gasteiger partial charge in [-0.1, -0.05) is 47.5 Å². The zero-order chi connectivity index (χ0) is 12.8. The van der Waals surface area contributed by atoms with Gasteiger partial charge in [-0.2, -0.15) is 0 Å². The smallest absolute Gasteiger partial charge is 0.0710 e. The van der Waals surface area contributed by atoms with Gasteiger partial charge in [-0.05, 0) is 36.6 Å². The Kier molecular flexibility index (Phi) is 6.76. The van der Waals surface area contributed by atoms with E-state index in [0.29, 0.717) is 11.3 Å². The summed E-state index contributed by atoms with van der Waals surface area (Å²) in [5.41, 5.74) is 0.434. The largest absolute Gasteiger partial charge is 0.303 e. The first-order valence-electron chi connectivity index (χ1n) is 6.46. The van der Waals surface area contributed by atoms with E-state index in [1.54, 1.807) is 0 Å². The molecule has 94 valence electrons. The predicted molar refractivity (Wildman–Crippen MR) is 73.3 cm³/mol. The molecule has 1 N–H and O–H groups in total. The van der Waals surface area contributed by atoms with Gasteiger partial charge in [-0.3, -0.25) is 0 Å². The first kappa shape index (κ1) is 15.5. The van der Waals surface area contributed by atoms with Crippen molar-refractivity contribution < 1.29 is 0 Å². The summed E-state index contributed by atoms with van der Waals surface area (Å²) >= 11 is 0. The van der Waals surface area contributed by atoms with Crippen LogP contribution in [-0.4, -0.2) is 12.6 Å². The molecule has 16 heavy (non-hydrogen) atoms. The molecule has 0 saturated carbocycles. The summed E-state index contributed by atoms with van der Waals surface area (Å²) < 4.78 is 0. The molecular formula is C15H29N. The second-order valence-corrected chi connectivity index (χ2v) is 6.50. The van der Waals surface area contributed by atoms with Crippen molar-refractivity contribution in [3.8, 4) is 12.3 Å². The molecule has 0 aliphatic rings. The molecule has 0 fully saturated rings. The third-order valence-corrected chi connectivity index (χ3v) is 2.81. The lowest BCUT2D eigenvalue weighted by Crippen LogP contribution is -2.33. The van der Waals surface area contributed by atoms with Crippen LogP contribution in [-0.2, 0) is 0 Å². The third-order valence-electron chi connectivity index (χ3n) is 2.81. The fraction of sp³-hybridized carbons (Fsp3) is 0.867. The Balaban J connectivity index is 3.78. The summed E-state index contributed by atoms with van der Waals surface area (Å²) in [5, 5.41) is 3.45. The summed E-state index contributed by atoms with van der Waals surface area (Å²) in [7, 11) is 0. The van der Waals surface area contributed by atoms with Crippen LogP contribution in [0, 0.1) is 29.6 Å². The van der Waals surface area contributed by atoms with Gasteiger partial charge in [0, 0.05) is 0 Å². The van der Waals surface area contributed by atoms with E-state index in [1.807, 2.05) is 0 Å². The maximum Gasteiger partial charge on any atom is 0.0710 e. The summed E-state index contributed by atoms with van der Waals surface area (Å²) in [6.45, 7) is 14.6. The van der Waals surface area contributed by atoms with Crippen molar-refractivity contribution in [3.63, 3.8) is 0 Å². The lowest BCUT2D eigenvalue weighted by Gasteiger charge is -2.24. The van der Waals surface area contributed by atoms with Crippen LogP contribution in [0.5, 0.6) is 0 Å². The molecule has 0 rings (SSSR count). The van der Waals surface area contributed by atoms with Crippen molar-refractivity contribution in [3.05, 3.63) is 0 Å². The summed E-state index contributed by atoms with van der Waals surface area (Å²) in [5.74, 6) is 4.09. The van der Waals surface area contributed by atoms with Crippen LogP contribution in [0.25, 0.3) is 0 Å². The summed E-state index contributed by atoms with van der Waals surface area (Å²) in [4.78, 5) is 0. The van der Waals surface area contributed by atoms with E-state index in [1.165, 1.54) is 12.8 Å². The van der Waals surface area contributed by atoms with E-state index in [2.05, 4.69) is 52.8 Å². The van der Waals surface area contributed by atoms with Gasteiger partial charge in [0.1, 0.15) is 0 Å². The minimum Gasteiger partial charge on any atom is -0.303 e. The van der Waals surface area contributed by atoms with Crippen LogP contribution in [0.1, 0.15) is 54.4 Å². The average molecular weight is 223 g/mol. The normalized spacial score (nSPS) is 15.9. The number of hydrogen-bond donors (Lipinski definition) is 1. The fourth-order valence-electron chi connectivity index (χ4n) is 2.12. The lowest BCUT2D eigenvalue weighted by molar-refractivity contribution is 0.291. The van der Waals surface area contributed by atoms with Crippen LogP contribution in [0.3, 0.4) is 0 Å². The van der Waals surface area contributed by atoms with Crippen molar-refractivity contribution >= 4 is 0 Å². The van der Waals surface area contributed by atoms with Crippen molar-refractivity contribution in [2.45, 2.75) is 60.4 Å². The SMILES string of the molecule is C#C[C@@H](NCC[C@@H](C)CC(C)(C)C)C(C)C. The predicted octanol–water partition coefficient (Wildman–Crippen LogP) is 3.70. The van der Waals surface area contributed by atoms with Crippen LogP contribution < -0.4 is 5.32 Å². The number of terminal acetylenes is 1. The van der Waals surface area contributed by atoms with E-state index >= 15 is 0 Å². The standard InChI is InChI=1S/C15H29N/c1-8-14(12(2)3)16-10-9-13(4)11-15(5,6)7/h1,12-14,16H,9-11H2,2-7H3/t13-,14-/m1/s1. The Labute approximate surface area is 102 Å². The maximum absolute atomic E-state index is 5.48. The fourth-order valence-corrected chi connectivity index (χ4v) is 2.12. The maximum atomic E-state index is 5.48. The van der Waals surface area contributed by atoms with E-state index in [-0.39, 0.29) is 6.04 Å². The summed E-state index contributed by atoms with van der Waals surface area (Å²) in [6, 6.07) is 0.224. The van der Waals surface area contributed by atoms with Crippen LogP contribution in [0.4, 0.5) is 0 Å². The molecular weight excluding hydrogens is 194 g/mol. The highest BCUT2D eigenvalue weighted by atomic mass is 14.9. The molecule has 0 saturated heterocycles. The number of rotatable bonds is 6. The molecule has 0 amide bonds. The summed E-state index contributed by atoms with van der Waals surface area (Å²) in [6.07, 6.45) is 7.97. The Morgan fingerprint density at radius 1 is 1.19 bits per heavy atom. The van der Waals surface area contributed by atoms with Gasteiger partial charge in [0.15, 0.2) is 0 Å². The molecule has 0 aromatic carbocycles. The lowest BCUT2D eigenvalue weighted by atomic mass is 9.84. The molecule has 0 spiro atoms. The first-order chi connectivity index (χ1) is 7.26.